The predicted molar refractivity (Wildman–Crippen MR) is 88.7 cm³/mol. The number of nitrogens with one attached hydrogen (secondary N) is 1. The lowest BCUT2D eigenvalue weighted by molar-refractivity contribution is 0.444. The van der Waals surface area contributed by atoms with E-state index in [1.165, 1.54) is 16.8 Å². The lowest BCUT2D eigenvalue weighted by Crippen LogP contribution is -2.22. The first-order chi connectivity index (χ1) is 10.2. The smallest absolute Gasteiger partial charge is 0.123 e. The standard InChI is InChI=1S/C18H26N2O/c1-5-19-12-18-15(4)11-16(21-18)13-20(6-2)17-10-8-7-9-14(17)3/h7-11,19H,5-6,12-13H2,1-4H3. The molecule has 2 aromatic rings. The molecule has 1 aromatic heterocycles. The van der Waals surface area contributed by atoms with Gasteiger partial charge in [0.1, 0.15) is 11.5 Å². The molecule has 2 rings (SSSR count). The molecule has 114 valence electrons. The highest BCUT2D eigenvalue weighted by Crippen LogP contribution is 2.23. The van der Waals surface area contributed by atoms with Gasteiger partial charge < -0.3 is 14.6 Å². The Bertz CT molecular complexity index is 574. The van der Waals surface area contributed by atoms with Gasteiger partial charge in [0.25, 0.3) is 0 Å². The third-order valence-corrected chi connectivity index (χ3v) is 3.79. The first kappa shape index (κ1) is 15.6. The van der Waals surface area contributed by atoms with E-state index < -0.39 is 0 Å². The van der Waals surface area contributed by atoms with Gasteiger partial charge in [-0.05, 0) is 50.6 Å². The molecule has 0 aliphatic heterocycles. The molecule has 0 amide bonds. The summed E-state index contributed by atoms with van der Waals surface area (Å²) in [7, 11) is 0. The van der Waals surface area contributed by atoms with Gasteiger partial charge in [-0.1, -0.05) is 25.1 Å². The molecule has 0 radical (unpaired) electrons. The van der Waals surface area contributed by atoms with E-state index in [-0.39, 0.29) is 0 Å². The fourth-order valence-electron chi connectivity index (χ4n) is 2.56. The van der Waals surface area contributed by atoms with Crippen LogP contribution in [0.25, 0.3) is 0 Å². The maximum Gasteiger partial charge on any atom is 0.123 e. The number of benzene rings is 1. The Morgan fingerprint density at radius 2 is 1.86 bits per heavy atom. The molecule has 0 bridgehead atoms. The van der Waals surface area contributed by atoms with Crippen LogP contribution in [0.1, 0.15) is 36.5 Å². The second-order valence-electron chi connectivity index (χ2n) is 5.40. The van der Waals surface area contributed by atoms with Crippen LogP contribution < -0.4 is 10.2 Å². The minimum Gasteiger partial charge on any atom is -0.463 e. The summed E-state index contributed by atoms with van der Waals surface area (Å²) in [5, 5.41) is 3.32. The molecule has 1 heterocycles. The van der Waals surface area contributed by atoms with Crippen LogP contribution in [0.3, 0.4) is 0 Å². The summed E-state index contributed by atoms with van der Waals surface area (Å²) in [4.78, 5) is 2.35. The number of rotatable bonds is 7. The average Bonchev–Trinajstić information content (AvgIpc) is 2.83. The Labute approximate surface area is 128 Å². The molecule has 0 saturated heterocycles. The molecule has 1 N–H and O–H groups in total. The lowest BCUT2D eigenvalue weighted by Gasteiger charge is -2.23. The SMILES string of the molecule is CCNCc1oc(CN(CC)c2ccccc2C)cc1C. The highest BCUT2D eigenvalue weighted by molar-refractivity contribution is 5.53. The largest absolute Gasteiger partial charge is 0.463 e. The van der Waals surface area contributed by atoms with E-state index in [4.69, 9.17) is 4.42 Å². The molecule has 0 spiro atoms. The van der Waals surface area contributed by atoms with Crippen molar-refractivity contribution in [1.29, 1.82) is 0 Å². The number of aryl methyl sites for hydroxylation is 2. The Morgan fingerprint density at radius 1 is 1.10 bits per heavy atom. The second kappa shape index (κ2) is 7.32. The van der Waals surface area contributed by atoms with Crippen LogP contribution in [-0.4, -0.2) is 13.1 Å². The van der Waals surface area contributed by atoms with Crippen molar-refractivity contribution in [2.75, 3.05) is 18.0 Å². The molecule has 21 heavy (non-hydrogen) atoms. The summed E-state index contributed by atoms with van der Waals surface area (Å²) in [6, 6.07) is 10.7. The predicted octanol–water partition coefficient (Wildman–Crippen LogP) is 4.03. The van der Waals surface area contributed by atoms with Gasteiger partial charge in [0.2, 0.25) is 0 Å². The first-order valence-electron chi connectivity index (χ1n) is 7.75. The Kier molecular flexibility index (Phi) is 5.45. The zero-order valence-electron chi connectivity index (χ0n) is 13.6. The molecule has 0 saturated carbocycles. The van der Waals surface area contributed by atoms with Gasteiger partial charge in [-0.15, -0.1) is 0 Å². The fraction of sp³-hybridized carbons (Fsp3) is 0.444. The maximum absolute atomic E-state index is 6.01. The van der Waals surface area contributed by atoms with Crippen molar-refractivity contribution in [3.8, 4) is 0 Å². The number of nitrogens with zero attached hydrogens (tertiary/aromatic N) is 1. The van der Waals surface area contributed by atoms with E-state index in [0.717, 1.165) is 37.7 Å². The van der Waals surface area contributed by atoms with E-state index in [1.807, 2.05) is 0 Å². The molecule has 3 heteroatoms. The number of para-hydroxylation sites is 1. The van der Waals surface area contributed by atoms with Crippen LogP contribution in [0.2, 0.25) is 0 Å². The van der Waals surface area contributed by atoms with Crippen LogP contribution in [0.5, 0.6) is 0 Å². The molecule has 0 atom stereocenters. The van der Waals surface area contributed by atoms with Gasteiger partial charge >= 0.3 is 0 Å². The minimum atomic E-state index is 0.804. The van der Waals surface area contributed by atoms with Gasteiger partial charge in [-0.3, -0.25) is 0 Å². The molecular weight excluding hydrogens is 260 g/mol. The summed E-state index contributed by atoms with van der Waals surface area (Å²) in [5.41, 5.74) is 3.81. The molecule has 0 fully saturated rings. The van der Waals surface area contributed by atoms with E-state index in [2.05, 4.69) is 68.2 Å². The molecule has 0 unspecified atom stereocenters. The Balaban J connectivity index is 2.14. The maximum atomic E-state index is 6.01. The van der Waals surface area contributed by atoms with Crippen molar-refractivity contribution >= 4 is 5.69 Å². The minimum absolute atomic E-state index is 0.804. The van der Waals surface area contributed by atoms with E-state index in [1.54, 1.807) is 0 Å². The zero-order chi connectivity index (χ0) is 15.2. The first-order valence-corrected chi connectivity index (χ1v) is 7.75. The third-order valence-electron chi connectivity index (χ3n) is 3.79. The topological polar surface area (TPSA) is 28.4 Å². The van der Waals surface area contributed by atoms with Crippen LogP contribution in [0.15, 0.2) is 34.7 Å². The van der Waals surface area contributed by atoms with Crippen molar-refractivity contribution in [2.24, 2.45) is 0 Å². The summed E-state index contributed by atoms with van der Waals surface area (Å²) >= 11 is 0. The fourth-order valence-corrected chi connectivity index (χ4v) is 2.56. The number of furan rings is 1. The molecule has 0 aliphatic rings. The van der Waals surface area contributed by atoms with E-state index >= 15 is 0 Å². The van der Waals surface area contributed by atoms with Crippen LogP contribution in [0, 0.1) is 13.8 Å². The van der Waals surface area contributed by atoms with Crippen LogP contribution in [-0.2, 0) is 13.1 Å². The number of anilines is 1. The van der Waals surface area contributed by atoms with Gasteiger partial charge in [0, 0.05) is 12.2 Å². The highest BCUT2D eigenvalue weighted by Gasteiger charge is 2.12. The highest BCUT2D eigenvalue weighted by atomic mass is 16.3. The zero-order valence-corrected chi connectivity index (χ0v) is 13.6. The average molecular weight is 286 g/mol. The summed E-state index contributed by atoms with van der Waals surface area (Å²) in [6.07, 6.45) is 0. The van der Waals surface area contributed by atoms with Gasteiger partial charge in [0.05, 0.1) is 13.1 Å². The lowest BCUT2D eigenvalue weighted by atomic mass is 10.1. The summed E-state index contributed by atoms with van der Waals surface area (Å²) in [5.74, 6) is 2.08. The monoisotopic (exact) mass is 286 g/mol. The Hall–Kier alpha value is -1.74. The van der Waals surface area contributed by atoms with E-state index in [9.17, 15) is 0 Å². The van der Waals surface area contributed by atoms with Crippen LogP contribution in [0.4, 0.5) is 5.69 Å². The van der Waals surface area contributed by atoms with Crippen LogP contribution >= 0.6 is 0 Å². The normalized spacial score (nSPS) is 10.9. The molecule has 0 aliphatic carbocycles. The van der Waals surface area contributed by atoms with E-state index in [0.29, 0.717) is 0 Å². The van der Waals surface area contributed by atoms with Crippen molar-refractivity contribution < 1.29 is 4.42 Å². The second-order valence-corrected chi connectivity index (χ2v) is 5.40. The van der Waals surface area contributed by atoms with Crippen molar-refractivity contribution in [1.82, 2.24) is 5.32 Å². The summed E-state index contributed by atoms with van der Waals surface area (Å²) in [6.45, 7) is 12.1. The van der Waals surface area contributed by atoms with Crippen molar-refractivity contribution in [3.63, 3.8) is 0 Å². The van der Waals surface area contributed by atoms with Crippen molar-refractivity contribution in [2.45, 2.75) is 40.8 Å². The van der Waals surface area contributed by atoms with Gasteiger partial charge in [0.15, 0.2) is 0 Å². The molecule has 1 aromatic carbocycles. The van der Waals surface area contributed by atoms with Crippen molar-refractivity contribution in [3.05, 3.63) is 53.0 Å². The van der Waals surface area contributed by atoms with Gasteiger partial charge in [-0.25, -0.2) is 0 Å². The van der Waals surface area contributed by atoms with Gasteiger partial charge in [-0.2, -0.15) is 0 Å². The Morgan fingerprint density at radius 3 is 2.52 bits per heavy atom. The summed E-state index contributed by atoms with van der Waals surface area (Å²) < 4.78 is 6.01. The quantitative estimate of drug-likeness (QED) is 0.833. The molecule has 3 nitrogen and oxygen atoms in total. The number of hydrogen-bond donors (Lipinski definition) is 1. The number of hydrogen-bond acceptors (Lipinski definition) is 3. The molecular formula is C18H26N2O. The third kappa shape index (κ3) is 3.88.